The zero-order valence-electron chi connectivity index (χ0n) is 16.3. The van der Waals surface area contributed by atoms with Gasteiger partial charge in [0.1, 0.15) is 0 Å². The highest BCUT2D eigenvalue weighted by Gasteiger charge is 2.23. The van der Waals surface area contributed by atoms with E-state index in [0.717, 1.165) is 5.56 Å². The molecule has 0 radical (unpaired) electrons. The summed E-state index contributed by atoms with van der Waals surface area (Å²) < 4.78 is 54.5. The number of rotatable bonds is 7. The first-order valence-electron chi connectivity index (χ1n) is 8.73. The van der Waals surface area contributed by atoms with Crippen LogP contribution in [0.2, 0.25) is 0 Å². The third-order valence-corrected chi connectivity index (χ3v) is 8.07. The van der Waals surface area contributed by atoms with Crippen molar-refractivity contribution in [3.63, 3.8) is 0 Å². The minimum atomic E-state index is -3.78. The molecule has 0 saturated heterocycles. The molecule has 0 aromatic heterocycles. The molecule has 8 heteroatoms. The van der Waals surface area contributed by atoms with Gasteiger partial charge < -0.3 is 0 Å². The van der Waals surface area contributed by atoms with Crippen LogP contribution in [0, 0.1) is 20.8 Å². The number of hydrogen-bond donors (Lipinski definition) is 1. The molecule has 2 rings (SSSR count). The Morgan fingerprint density at radius 2 is 1.33 bits per heavy atom. The first-order valence-corrected chi connectivity index (χ1v) is 11.7. The maximum Gasteiger partial charge on any atom is 0.262 e. The van der Waals surface area contributed by atoms with Gasteiger partial charge in [0.25, 0.3) is 10.0 Å². The zero-order chi connectivity index (χ0) is 20.4. The summed E-state index contributed by atoms with van der Waals surface area (Å²) >= 11 is 0. The van der Waals surface area contributed by atoms with Crippen LogP contribution in [-0.2, 0) is 20.0 Å². The first-order chi connectivity index (χ1) is 12.5. The van der Waals surface area contributed by atoms with E-state index in [4.69, 9.17) is 0 Å². The van der Waals surface area contributed by atoms with E-state index < -0.39 is 20.0 Å². The molecule has 0 unspecified atom stereocenters. The summed E-state index contributed by atoms with van der Waals surface area (Å²) in [6.07, 6.45) is 0. The zero-order valence-corrected chi connectivity index (χ0v) is 17.9. The molecule has 2 aromatic carbocycles. The number of nitrogens with zero attached hydrogens (tertiary/aromatic N) is 1. The predicted octanol–water partition coefficient (Wildman–Crippen LogP) is 3.44. The molecule has 0 aliphatic heterocycles. The third-order valence-electron chi connectivity index (χ3n) is 4.32. The van der Waals surface area contributed by atoms with Crippen LogP contribution in [0.1, 0.15) is 30.5 Å². The summed E-state index contributed by atoms with van der Waals surface area (Å²) in [5.41, 5.74) is 2.64. The molecular weight excluding hydrogens is 384 g/mol. The Labute approximate surface area is 162 Å². The largest absolute Gasteiger partial charge is 0.280 e. The molecule has 2 aromatic rings. The van der Waals surface area contributed by atoms with Gasteiger partial charge in [0.2, 0.25) is 10.0 Å². The molecule has 27 heavy (non-hydrogen) atoms. The van der Waals surface area contributed by atoms with Crippen molar-refractivity contribution < 1.29 is 16.8 Å². The van der Waals surface area contributed by atoms with E-state index in [-0.39, 0.29) is 9.79 Å². The Morgan fingerprint density at radius 3 is 1.78 bits per heavy atom. The lowest BCUT2D eigenvalue weighted by Crippen LogP contribution is -2.30. The Morgan fingerprint density at radius 1 is 0.852 bits per heavy atom. The van der Waals surface area contributed by atoms with Crippen molar-refractivity contribution in [2.24, 2.45) is 0 Å². The predicted molar refractivity (Wildman–Crippen MR) is 108 cm³/mol. The van der Waals surface area contributed by atoms with Gasteiger partial charge in [-0.3, -0.25) is 4.72 Å². The molecule has 148 valence electrons. The van der Waals surface area contributed by atoms with Gasteiger partial charge in [-0.15, -0.1) is 0 Å². The number of sulfonamides is 2. The normalized spacial score (nSPS) is 12.4. The van der Waals surface area contributed by atoms with Crippen LogP contribution < -0.4 is 4.72 Å². The number of aryl methyl sites for hydroxylation is 3. The Balaban J connectivity index is 2.34. The number of benzene rings is 2. The van der Waals surface area contributed by atoms with Crippen molar-refractivity contribution in [1.82, 2.24) is 4.31 Å². The smallest absolute Gasteiger partial charge is 0.262 e. The van der Waals surface area contributed by atoms with E-state index in [0.29, 0.717) is 29.9 Å². The van der Waals surface area contributed by atoms with Crippen LogP contribution in [0.15, 0.2) is 46.2 Å². The fourth-order valence-electron chi connectivity index (χ4n) is 3.20. The lowest BCUT2D eigenvalue weighted by molar-refractivity contribution is 0.445. The molecule has 6 nitrogen and oxygen atoms in total. The molecule has 0 aliphatic carbocycles. The van der Waals surface area contributed by atoms with Crippen LogP contribution >= 0.6 is 0 Å². The van der Waals surface area contributed by atoms with Gasteiger partial charge in [-0.2, -0.15) is 4.31 Å². The van der Waals surface area contributed by atoms with Gasteiger partial charge in [-0.25, -0.2) is 16.8 Å². The third kappa shape index (κ3) is 4.51. The van der Waals surface area contributed by atoms with E-state index in [1.807, 2.05) is 19.1 Å². The lowest BCUT2D eigenvalue weighted by Gasteiger charge is -2.18. The highest BCUT2D eigenvalue weighted by molar-refractivity contribution is 7.92. The molecule has 0 fully saturated rings. The van der Waals surface area contributed by atoms with E-state index in [1.54, 1.807) is 27.7 Å². The van der Waals surface area contributed by atoms with Crippen molar-refractivity contribution >= 4 is 25.7 Å². The Kier molecular flexibility index (Phi) is 6.34. The molecular formula is C19H26N2O4S2. The Hall–Kier alpha value is -1.90. The van der Waals surface area contributed by atoms with E-state index in [2.05, 4.69) is 4.72 Å². The van der Waals surface area contributed by atoms with Crippen LogP contribution in [0.5, 0.6) is 0 Å². The summed E-state index contributed by atoms with van der Waals surface area (Å²) in [6, 6.07) is 9.41. The number of hydrogen-bond acceptors (Lipinski definition) is 4. The van der Waals surface area contributed by atoms with Gasteiger partial charge in [-0.05, 0) is 56.2 Å². The molecule has 0 heterocycles. The van der Waals surface area contributed by atoms with Crippen molar-refractivity contribution in [3.05, 3.63) is 53.1 Å². The molecule has 0 atom stereocenters. The summed E-state index contributed by atoms with van der Waals surface area (Å²) in [6.45, 7) is 9.73. The Bertz CT molecular complexity index is 1000. The minimum absolute atomic E-state index is 0.136. The summed E-state index contributed by atoms with van der Waals surface area (Å²) in [4.78, 5) is 0.379. The van der Waals surface area contributed by atoms with Crippen LogP contribution in [0.4, 0.5) is 5.69 Å². The van der Waals surface area contributed by atoms with Crippen molar-refractivity contribution in [3.8, 4) is 0 Å². The van der Waals surface area contributed by atoms with Gasteiger partial charge >= 0.3 is 0 Å². The van der Waals surface area contributed by atoms with Gasteiger partial charge in [0.15, 0.2) is 0 Å². The van der Waals surface area contributed by atoms with Crippen LogP contribution in [0.3, 0.4) is 0 Å². The van der Waals surface area contributed by atoms with Crippen molar-refractivity contribution in [2.75, 3.05) is 17.8 Å². The quantitative estimate of drug-likeness (QED) is 0.758. The molecule has 0 spiro atoms. The lowest BCUT2D eigenvalue weighted by atomic mass is 10.1. The molecule has 0 aliphatic rings. The summed E-state index contributed by atoms with van der Waals surface area (Å²) in [5, 5.41) is 0. The van der Waals surface area contributed by atoms with Crippen molar-refractivity contribution in [1.29, 1.82) is 0 Å². The second-order valence-electron chi connectivity index (χ2n) is 6.45. The molecule has 1 N–H and O–H groups in total. The average Bonchev–Trinajstić information content (AvgIpc) is 2.54. The molecule has 0 bridgehead atoms. The van der Waals surface area contributed by atoms with E-state index in [1.165, 1.54) is 28.6 Å². The number of anilines is 1. The van der Waals surface area contributed by atoms with Gasteiger partial charge in [-0.1, -0.05) is 31.5 Å². The minimum Gasteiger partial charge on any atom is -0.280 e. The van der Waals surface area contributed by atoms with Crippen molar-refractivity contribution in [2.45, 2.75) is 44.4 Å². The maximum absolute atomic E-state index is 12.8. The highest BCUT2D eigenvalue weighted by atomic mass is 32.2. The fourth-order valence-corrected chi connectivity index (χ4v) is 6.18. The van der Waals surface area contributed by atoms with E-state index in [9.17, 15) is 16.8 Å². The van der Waals surface area contributed by atoms with Crippen LogP contribution in [0.25, 0.3) is 0 Å². The number of nitrogens with one attached hydrogen (secondary N) is 1. The van der Waals surface area contributed by atoms with E-state index >= 15 is 0 Å². The summed E-state index contributed by atoms with van der Waals surface area (Å²) in [7, 11) is -7.35. The summed E-state index contributed by atoms with van der Waals surface area (Å²) in [5.74, 6) is 0. The average molecular weight is 411 g/mol. The monoisotopic (exact) mass is 410 g/mol. The topological polar surface area (TPSA) is 83.6 Å². The van der Waals surface area contributed by atoms with Gasteiger partial charge in [0.05, 0.1) is 9.79 Å². The fraction of sp³-hybridized carbons (Fsp3) is 0.368. The second-order valence-corrected chi connectivity index (χ2v) is 10.0. The standard InChI is InChI=1S/C19H26N2O4S2/c1-6-21(7-2)27(24,25)18-10-8-17(9-11-18)20-26(22,23)19-15(4)12-14(3)13-16(19)5/h8-13,20H,6-7H2,1-5H3. The first kappa shape index (κ1) is 21.4. The molecule has 0 amide bonds. The van der Waals surface area contributed by atoms with Crippen LogP contribution in [-0.4, -0.2) is 34.2 Å². The second kappa shape index (κ2) is 8.00. The SMILES string of the molecule is CCN(CC)S(=O)(=O)c1ccc(NS(=O)(=O)c2c(C)cc(C)cc2C)cc1. The molecule has 0 saturated carbocycles. The van der Waals surface area contributed by atoms with Gasteiger partial charge in [0, 0.05) is 18.8 Å². The maximum atomic E-state index is 12.8. The highest BCUT2D eigenvalue weighted by Crippen LogP contribution is 2.25.